The van der Waals surface area contributed by atoms with Gasteiger partial charge in [0, 0.05) is 4.47 Å². The summed E-state index contributed by atoms with van der Waals surface area (Å²) in [6.07, 6.45) is 0. The molecule has 1 aromatic heterocycles. The summed E-state index contributed by atoms with van der Waals surface area (Å²) in [4.78, 5) is 4.08. The van der Waals surface area contributed by atoms with Crippen molar-refractivity contribution in [1.29, 1.82) is 0 Å². The third-order valence-electron chi connectivity index (χ3n) is 2.34. The predicted octanol–water partition coefficient (Wildman–Crippen LogP) is 3.34. The van der Waals surface area contributed by atoms with Gasteiger partial charge in [0.15, 0.2) is 12.4 Å². The van der Waals surface area contributed by atoms with E-state index in [2.05, 4.69) is 26.1 Å². The fourth-order valence-corrected chi connectivity index (χ4v) is 1.76. The van der Waals surface area contributed by atoms with Crippen LogP contribution in [-0.4, -0.2) is 10.1 Å². The molecule has 0 radical (unpaired) electrons. The Morgan fingerprint density at radius 3 is 2.41 bits per heavy atom. The van der Waals surface area contributed by atoms with Crippen LogP contribution in [0, 0.1) is 20.8 Å². The van der Waals surface area contributed by atoms with E-state index in [0.717, 1.165) is 21.3 Å². The molecule has 0 aliphatic carbocycles. The SMILES string of the molecule is Cc1noc(COc2cc(C)c(Br)c(C)c2)n1. The van der Waals surface area contributed by atoms with E-state index in [9.17, 15) is 0 Å². The molecule has 0 spiro atoms. The van der Waals surface area contributed by atoms with Gasteiger partial charge < -0.3 is 9.26 Å². The van der Waals surface area contributed by atoms with Crippen molar-refractivity contribution in [2.75, 3.05) is 0 Å². The number of benzene rings is 1. The molecule has 0 N–H and O–H groups in total. The topological polar surface area (TPSA) is 48.2 Å². The average Bonchev–Trinajstić information content (AvgIpc) is 2.69. The van der Waals surface area contributed by atoms with Crippen LogP contribution in [-0.2, 0) is 6.61 Å². The van der Waals surface area contributed by atoms with Gasteiger partial charge in [-0.1, -0.05) is 21.1 Å². The van der Waals surface area contributed by atoms with E-state index in [4.69, 9.17) is 9.26 Å². The van der Waals surface area contributed by atoms with Gasteiger partial charge >= 0.3 is 0 Å². The Morgan fingerprint density at radius 1 is 1.24 bits per heavy atom. The first-order valence-corrected chi connectivity index (χ1v) is 6.04. The van der Waals surface area contributed by atoms with E-state index >= 15 is 0 Å². The van der Waals surface area contributed by atoms with Crippen LogP contribution in [0.1, 0.15) is 22.8 Å². The van der Waals surface area contributed by atoms with Crippen molar-refractivity contribution in [3.8, 4) is 5.75 Å². The van der Waals surface area contributed by atoms with Crippen molar-refractivity contribution in [3.63, 3.8) is 0 Å². The highest BCUT2D eigenvalue weighted by molar-refractivity contribution is 9.10. The molecular formula is C12H13BrN2O2. The van der Waals surface area contributed by atoms with Gasteiger partial charge in [-0.15, -0.1) is 0 Å². The number of rotatable bonds is 3. The first-order valence-electron chi connectivity index (χ1n) is 5.25. The maximum atomic E-state index is 5.60. The highest BCUT2D eigenvalue weighted by atomic mass is 79.9. The molecule has 1 heterocycles. The second-order valence-corrected chi connectivity index (χ2v) is 4.69. The number of halogens is 1. The number of ether oxygens (including phenoxy) is 1. The monoisotopic (exact) mass is 296 g/mol. The van der Waals surface area contributed by atoms with Gasteiger partial charge in [-0.2, -0.15) is 4.98 Å². The largest absolute Gasteiger partial charge is 0.484 e. The molecule has 90 valence electrons. The van der Waals surface area contributed by atoms with Gasteiger partial charge in [-0.25, -0.2) is 0 Å². The summed E-state index contributed by atoms with van der Waals surface area (Å²) in [5.41, 5.74) is 2.28. The molecule has 0 aliphatic rings. The molecule has 1 aromatic carbocycles. The van der Waals surface area contributed by atoms with Gasteiger partial charge in [0.1, 0.15) is 5.75 Å². The van der Waals surface area contributed by atoms with Crippen LogP contribution < -0.4 is 4.74 Å². The van der Waals surface area contributed by atoms with Crippen LogP contribution in [0.15, 0.2) is 21.1 Å². The van der Waals surface area contributed by atoms with Gasteiger partial charge in [-0.3, -0.25) is 0 Å². The lowest BCUT2D eigenvalue weighted by atomic mass is 10.1. The maximum absolute atomic E-state index is 5.60. The summed E-state index contributed by atoms with van der Waals surface area (Å²) >= 11 is 3.52. The van der Waals surface area contributed by atoms with Crippen LogP contribution in [0.3, 0.4) is 0 Å². The smallest absolute Gasteiger partial charge is 0.264 e. The third-order valence-corrected chi connectivity index (χ3v) is 3.59. The Hall–Kier alpha value is -1.36. The number of nitrogens with zero attached hydrogens (tertiary/aromatic N) is 2. The summed E-state index contributed by atoms with van der Waals surface area (Å²) in [7, 11) is 0. The van der Waals surface area contributed by atoms with E-state index in [1.165, 1.54) is 0 Å². The van der Waals surface area contributed by atoms with E-state index in [1.54, 1.807) is 6.92 Å². The van der Waals surface area contributed by atoms with Crippen LogP contribution in [0.4, 0.5) is 0 Å². The molecule has 0 fully saturated rings. The molecular weight excluding hydrogens is 284 g/mol. The zero-order chi connectivity index (χ0) is 12.4. The number of hydrogen-bond acceptors (Lipinski definition) is 4. The lowest BCUT2D eigenvalue weighted by Gasteiger charge is -2.08. The van der Waals surface area contributed by atoms with E-state index < -0.39 is 0 Å². The summed E-state index contributed by atoms with van der Waals surface area (Å²) in [5.74, 6) is 1.91. The minimum atomic E-state index is 0.293. The fraction of sp³-hybridized carbons (Fsp3) is 0.333. The molecule has 0 bridgehead atoms. The van der Waals surface area contributed by atoms with Crippen LogP contribution >= 0.6 is 15.9 Å². The van der Waals surface area contributed by atoms with Crippen LogP contribution in [0.2, 0.25) is 0 Å². The fourth-order valence-electron chi connectivity index (χ4n) is 1.53. The average molecular weight is 297 g/mol. The number of aryl methyl sites for hydroxylation is 3. The Morgan fingerprint density at radius 2 is 1.88 bits per heavy atom. The quantitative estimate of drug-likeness (QED) is 0.872. The molecule has 2 aromatic rings. The zero-order valence-corrected chi connectivity index (χ0v) is 11.5. The van der Waals surface area contributed by atoms with Crippen molar-refractivity contribution in [3.05, 3.63) is 39.4 Å². The standard InChI is InChI=1S/C12H13BrN2O2/c1-7-4-10(5-8(2)12(7)13)16-6-11-14-9(3)15-17-11/h4-5H,6H2,1-3H3. The van der Waals surface area contributed by atoms with E-state index in [0.29, 0.717) is 18.3 Å². The second-order valence-electron chi connectivity index (χ2n) is 3.90. The van der Waals surface area contributed by atoms with Crippen LogP contribution in [0.25, 0.3) is 0 Å². The van der Waals surface area contributed by atoms with Crippen molar-refractivity contribution in [2.24, 2.45) is 0 Å². The summed E-state index contributed by atoms with van der Waals surface area (Å²) in [5, 5.41) is 3.70. The first kappa shape index (κ1) is 12.1. The highest BCUT2D eigenvalue weighted by Crippen LogP contribution is 2.26. The molecule has 4 nitrogen and oxygen atoms in total. The number of hydrogen-bond donors (Lipinski definition) is 0. The lowest BCUT2D eigenvalue weighted by Crippen LogP contribution is -1.97. The molecule has 2 rings (SSSR count). The Labute approximate surface area is 108 Å². The van der Waals surface area contributed by atoms with Crippen LogP contribution in [0.5, 0.6) is 5.75 Å². The Balaban J connectivity index is 2.09. The van der Waals surface area contributed by atoms with Gasteiger partial charge in [-0.05, 0) is 44.0 Å². The minimum Gasteiger partial charge on any atom is -0.484 e. The Kier molecular flexibility index (Phi) is 3.47. The normalized spacial score (nSPS) is 10.6. The molecule has 0 saturated heterocycles. The van der Waals surface area contributed by atoms with Crippen molar-refractivity contribution in [2.45, 2.75) is 27.4 Å². The highest BCUT2D eigenvalue weighted by Gasteiger charge is 2.06. The molecule has 0 atom stereocenters. The lowest BCUT2D eigenvalue weighted by molar-refractivity contribution is 0.242. The summed E-state index contributed by atoms with van der Waals surface area (Å²) in [6.45, 7) is 6.13. The summed E-state index contributed by atoms with van der Waals surface area (Å²) < 4.78 is 11.7. The zero-order valence-electron chi connectivity index (χ0n) is 9.95. The van der Waals surface area contributed by atoms with Gasteiger partial charge in [0.25, 0.3) is 5.89 Å². The van der Waals surface area contributed by atoms with Crippen molar-refractivity contribution in [1.82, 2.24) is 10.1 Å². The van der Waals surface area contributed by atoms with Gasteiger partial charge in [0.2, 0.25) is 0 Å². The number of aromatic nitrogens is 2. The summed E-state index contributed by atoms with van der Waals surface area (Å²) in [6, 6.07) is 3.95. The first-order chi connectivity index (χ1) is 8.06. The Bertz CT molecular complexity index is 514. The maximum Gasteiger partial charge on any atom is 0.264 e. The molecule has 5 heteroatoms. The molecule has 0 unspecified atom stereocenters. The minimum absolute atomic E-state index is 0.293. The van der Waals surface area contributed by atoms with E-state index in [-0.39, 0.29) is 0 Å². The van der Waals surface area contributed by atoms with Crippen molar-refractivity contribution >= 4 is 15.9 Å². The van der Waals surface area contributed by atoms with E-state index in [1.807, 2.05) is 26.0 Å². The van der Waals surface area contributed by atoms with Gasteiger partial charge in [0.05, 0.1) is 0 Å². The second kappa shape index (κ2) is 4.87. The molecule has 17 heavy (non-hydrogen) atoms. The molecule has 0 aliphatic heterocycles. The third kappa shape index (κ3) is 2.85. The van der Waals surface area contributed by atoms with Crippen molar-refractivity contribution < 1.29 is 9.26 Å². The molecule has 0 saturated carbocycles. The predicted molar refractivity (Wildman–Crippen MR) is 67.0 cm³/mol. The molecule has 0 amide bonds.